The van der Waals surface area contributed by atoms with Crippen LogP contribution in [0.4, 0.5) is 23.7 Å². The maximum Gasteiger partial charge on any atom is 0.319 e. The van der Waals surface area contributed by atoms with Crippen LogP contribution in [0, 0.1) is 17.5 Å². The van der Waals surface area contributed by atoms with Gasteiger partial charge in [0.25, 0.3) is 0 Å². The summed E-state index contributed by atoms with van der Waals surface area (Å²) in [5.74, 6) is -3.64. The van der Waals surface area contributed by atoms with E-state index in [0.717, 1.165) is 12.8 Å². The molecule has 0 aliphatic heterocycles. The minimum Gasteiger partial charge on any atom is -0.391 e. The number of aliphatic hydroxyl groups excluding tert-OH is 1. The Bertz CT molecular complexity index is 511. The zero-order chi connectivity index (χ0) is 14.7. The molecule has 1 aliphatic carbocycles. The first kappa shape index (κ1) is 14.6. The lowest BCUT2D eigenvalue weighted by atomic mass is 9.93. The van der Waals surface area contributed by atoms with Crippen LogP contribution in [0.2, 0.25) is 0 Å². The molecule has 0 bridgehead atoms. The van der Waals surface area contributed by atoms with Crippen molar-refractivity contribution in [3.8, 4) is 0 Å². The van der Waals surface area contributed by atoms with E-state index in [1.54, 1.807) is 0 Å². The Balaban J connectivity index is 1.99. The Morgan fingerprint density at radius 2 is 1.75 bits per heavy atom. The van der Waals surface area contributed by atoms with E-state index < -0.39 is 41.3 Å². The predicted octanol–water partition coefficient (Wildman–Crippen LogP) is 2.53. The van der Waals surface area contributed by atoms with Crippen LogP contribution in [0.1, 0.15) is 25.7 Å². The Morgan fingerprint density at radius 1 is 1.10 bits per heavy atom. The fourth-order valence-corrected chi connectivity index (χ4v) is 2.22. The van der Waals surface area contributed by atoms with Crippen molar-refractivity contribution in [3.63, 3.8) is 0 Å². The minimum atomic E-state index is -1.32. The number of urea groups is 1. The Labute approximate surface area is 114 Å². The standard InChI is InChI=1S/C13H15F3N2O2/c14-7-5-9(16)11(6-8(7)15)18-13(20)17-10-3-1-2-4-12(10)19/h5-6,10,12,19H,1-4H2,(H2,17,18,20). The third-order valence-electron chi connectivity index (χ3n) is 3.30. The Hall–Kier alpha value is -1.76. The maximum absolute atomic E-state index is 13.3. The van der Waals surface area contributed by atoms with E-state index in [2.05, 4.69) is 10.6 Å². The molecule has 3 N–H and O–H groups in total. The fraction of sp³-hybridized carbons (Fsp3) is 0.462. The number of carbonyl (C=O) groups excluding carboxylic acids is 1. The number of anilines is 1. The largest absolute Gasteiger partial charge is 0.391 e. The smallest absolute Gasteiger partial charge is 0.319 e. The molecule has 1 saturated carbocycles. The molecule has 0 radical (unpaired) electrons. The van der Waals surface area contributed by atoms with Crippen LogP contribution < -0.4 is 10.6 Å². The van der Waals surface area contributed by atoms with E-state index in [1.165, 1.54) is 0 Å². The van der Waals surface area contributed by atoms with Crippen molar-refractivity contribution >= 4 is 11.7 Å². The summed E-state index contributed by atoms with van der Waals surface area (Å²) < 4.78 is 39.1. The molecule has 20 heavy (non-hydrogen) atoms. The molecule has 7 heteroatoms. The molecule has 0 aromatic heterocycles. The lowest BCUT2D eigenvalue weighted by molar-refractivity contribution is 0.0955. The highest BCUT2D eigenvalue weighted by Gasteiger charge is 2.24. The lowest BCUT2D eigenvalue weighted by Crippen LogP contribution is -2.46. The summed E-state index contributed by atoms with van der Waals surface area (Å²) in [7, 11) is 0. The number of hydrogen-bond acceptors (Lipinski definition) is 2. The van der Waals surface area contributed by atoms with Gasteiger partial charge in [-0.15, -0.1) is 0 Å². The van der Waals surface area contributed by atoms with E-state index in [1.807, 2.05) is 0 Å². The molecule has 1 aromatic rings. The molecule has 4 nitrogen and oxygen atoms in total. The molecule has 1 aromatic carbocycles. The third kappa shape index (κ3) is 3.41. The first-order chi connectivity index (χ1) is 9.47. The minimum absolute atomic E-state index is 0.362. The molecule has 1 fully saturated rings. The van der Waals surface area contributed by atoms with Crippen molar-refractivity contribution in [3.05, 3.63) is 29.6 Å². The van der Waals surface area contributed by atoms with Crippen molar-refractivity contribution in [1.29, 1.82) is 0 Å². The van der Waals surface area contributed by atoms with Gasteiger partial charge in [-0.05, 0) is 12.8 Å². The Kier molecular flexibility index (Phi) is 4.49. The van der Waals surface area contributed by atoms with Crippen LogP contribution in [-0.2, 0) is 0 Å². The number of nitrogens with one attached hydrogen (secondary N) is 2. The molecular weight excluding hydrogens is 273 g/mol. The van der Waals surface area contributed by atoms with E-state index in [4.69, 9.17) is 0 Å². The SMILES string of the molecule is O=C(Nc1cc(F)c(F)cc1F)NC1CCCCC1O. The van der Waals surface area contributed by atoms with E-state index in [0.29, 0.717) is 25.0 Å². The van der Waals surface area contributed by atoms with Gasteiger partial charge in [0.1, 0.15) is 5.82 Å². The third-order valence-corrected chi connectivity index (χ3v) is 3.30. The van der Waals surface area contributed by atoms with Crippen molar-refractivity contribution in [1.82, 2.24) is 5.32 Å². The molecule has 2 rings (SSSR count). The molecule has 1 aliphatic rings. The quantitative estimate of drug-likeness (QED) is 0.732. The van der Waals surface area contributed by atoms with E-state index in [9.17, 15) is 23.1 Å². The molecule has 0 saturated heterocycles. The second-order valence-electron chi connectivity index (χ2n) is 4.80. The fourth-order valence-electron chi connectivity index (χ4n) is 2.22. The van der Waals surface area contributed by atoms with Gasteiger partial charge in [0.15, 0.2) is 11.6 Å². The van der Waals surface area contributed by atoms with Crippen molar-refractivity contribution in [2.75, 3.05) is 5.32 Å². The Morgan fingerprint density at radius 3 is 2.45 bits per heavy atom. The molecule has 2 amide bonds. The van der Waals surface area contributed by atoms with Crippen LogP contribution in [0.25, 0.3) is 0 Å². The first-order valence-corrected chi connectivity index (χ1v) is 6.37. The van der Waals surface area contributed by atoms with Crippen LogP contribution >= 0.6 is 0 Å². The summed E-state index contributed by atoms with van der Waals surface area (Å²) in [6.07, 6.45) is 2.32. The topological polar surface area (TPSA) is 61.4 Å². The average Bonchev–Trinajstić information content (AvgIpc) is 2.39. The summed E-state index contributed by atoms with van der Waals surface area (Å²) in [4.78, 5) is 11.7. The maximum atomic E-state index is 13.3. The monoisotopic (exact) mass is 288 g/mol. The summed E-state index contributed by atoms with van der Waals surface area (Å²) in [6.45, 7) is 0. The zero-order valence-electron chi connectivity index (χ0n) is 10.6. The van der Waals surface area contributed by atoms with Gasteiger partial charge in [-0.25, -0.2) is 18.0 Å². The first-order valence-electron chi connectivity index (χ1n) is 6.37. The number of hydrogen-bond donors (Lipinski definition) is 3. The number of rotatable bonds is 2. The van der Waals surface area contributed by atoms with Gasteiger partial charge < -0.3 is 15.7 Å². The number of aliphatic hydroxyl groups is 1. The van der Waals surface area contributed by atoms with Gasteiger partial charge in [0.05, 0.1) is 17.8 Å². The highest BCUT2D eigenvalue weighted by atomic mass is 19.2. The molecule has 2 atom stereocenters. The van der Waals surface area contributed by atoms with E-state index in [-0.39, 0.29) is 0 Å². The number of amides is 2. The van der Waals surface area contributed by atoms with Crippen LogP contribution in [0.5, 0.6) is 0 Å². The van der Waals surface area contributed by atoms with Crippen LogP contribution in [-0.4, -0.2) is 23.3 Å². The van der Waals surface area contributed by atoms with Crippen LogP contribution in [0.3, 0.4) is 0 Å². The number of benzene rings is 1. The van der Waals surface area contributed by atoms with Crippen molar-refractivity contribution in [2.45, 2.75) is 37.8 Å². The highest BCUT2D eigenvalue weighted by Crippen LogP contribution is 2.20. The molecule has 0 spiro atoms. The zero-order valence-corrected chi connectivity index (χ0v) is 10.6. The van der Waals surface area contributed by atoms with Gasteiger partial charge >= 0.3 is 6.03 Å². The number of carbonyl (C=O) groups is 1. The van der Waals surface area contributed by atoms with Gasteiger partial charge in [0.2, 0.25) is 0 Å². The average molecular weight is 288 g/mol. The summed E-state index contributed by atoms with van der Waals surface area (Å²) >= 11 is 0. The van der Waals surface area contributed by atoms with Gasteiger partial charge in [-0.1, -0.05) is 12.8 Å². The summed E-state index contributed by atoms with van der Waals surface area (Å²) in [5, 5.41) is 14.3. The predicted molar refractivity (Wildman–Crippen MR) is 66.7 cm³/mol. The summed E-state index contributed by atoms with van der Waals surface area (Å²) in [5.41, 5.74) is -0.452. The van der Waals surface area contributed by atoms with Crippen molar-refractivity contribution in [2.24, 2.45) is 0 Å². The molecule has 0 heterocycles. The summed E-state index contributed by atoms with van der Waals surface area (Å²) in [6, 6.07) is -0.250. The second-order valence-corrected chi connectivity index (χ2v) is 4.80. The number of halogens is 3. The molecule has 110 valence electrons. The van der Waals surface area contributed by atoms with Gasteiger partial charge in [-0.3, -0.25) is 0 Å². The van der Waals surface area contributed by atoms with Gasteiger partial charge in [-0.2, -0.15) is 0 Å². The second kappa shape index (κ2) is 6.13. The van der Waals surface area contributed by atoms with Crippen molar-refractivity contribution < 1.29 is 23.1 Å². The normalized spacial score (nSPS) is 22.4. The highest BCUT2D eigenvalue weighted by molar-refractivity contribution is 5.89. The van der Waals surface area contributed by atoms with Gasteiger partial charge in [0, 0.05) is 12.1 Å². The van der Waals surface area contributed by atoms with Crippen LogP contribution in [0.15, 0.2) is 12.1 Å². The molecule has 2 unspecified atom stereocenters. The molecular formula is C13H15F3N2O2. The van der Waals surface area contributed by atoms with E-state index >= 15 is 0 Å². The lowest BCUT2D eigenvalue weighted by Gasteiger charge is -2.28.